The van der Waals surface area contributed by atoms with Gasteiger partial charge in [-0.05, 0) is 61.9 Å². The van der Waals surface area contributed by atoms with E-state index in [0.717, 1.165) is 4.70 Å². The lowest BCUT2D eigenvalue weighted by molar-refractivity contribution is -0.132. The topological polar surface area (TPSA) is 98.2 Å². The average molecular weight is 531 g/mol. The van der Waals surface area contributed by atoms with E-state index in [0.29, 0.717) is 52.2 Å². The van der Waals surface area contributed by atoms with Crippen LogP contribution in [0, 0.1) is 0 Å². The van der Waals surface area contributed by atoms with Crippen molar-refractivity contribution in [3.8, 4) is 17.2 Å². The van der Waals surface area contributed by atoms with Crippen LogP contribution >= 0.6 is 11.3 Å². The number of aromatic nitrogens is 1. The third kappa shape index (κ3) is 4.56. The number of Topliss-reactive ketones (excluding diaryl/α,β-unsaturated/α-hetero) is 1. The van der Waals surface area contributed by atoms with Crippen LogP contribution in [0.3, 0.4) is 0 Å². The van der Waals surface area contributed by atoms with Crippen molar-refractivity contribution >= 4 is 44.1 Å². The minimum Gasteiger partial charge on any atom is -0.507 e. The van der Waals surface area contributed by atoms with E-state index in [4.69, 9.17) is 14.2 Å². The van der Waals surface area contributed by atoms with Crippen LogP contribution in [-0.4, -0.2) is 42.1 Å². The molecule has 8 nitrogen and oxygen atoms in total. The highest BCUT2D eigenvalue weighted by molar-refractivity contribution is 7.22. The summed E-state index contributed by atoms with van der Waals surface area (Å²) in [6.07, 6.45) is 0. The Bertz CT molecular complexity index is 1540. The van der Waals surface area contributed by atoms with Crippen LogP contribution in [0.5, 0.6) is 17.2 Å². The zero-order chi connectivity index (χ0) is 26.8. The molecule has 5 rings (SSSR count). The second-order valence-electron chi connectivity index (χ2n) is 8.46. The molecule has 1 aromatic heterocycles. The number of aliphatic hydroxyl groups excluding tert-OH is 1. The van der Waals surface area contributed by atoms with Crippen molar-refractivity contribution in [3.05, 3.63) is 83.4 Å². The van der Waals surface area contributed by atoms with Crippen molar-refractivity contribution in [1.29, 1.82) is 0 Å². The number of fused-ring (bicyclic) bond motifs is 1. The summed E-state index contributed by atoms with van der Waals surface area (Å²) in [5.41, 5.74) is 1.65. The fourth-order valence-corrected chi connectivity index (χ4v) is 5.46. The Labute approximate surface area is 223 Å². The lowest BCUT2D eigenvalue weighted by atomic mass is 9.95. The number of benzene rings is 3. The van der Waals surface area contributed by atoms with Crippen LogP contribution in [-0.2, 0) is 9.59 Å². The molecule has 3 aromatic carbocycles. The van der Waals surface area contributed by atoms with Crippen molar-refractivity contribution in [1.82, 2.24) is 4.98 Å². The van der Waals surface area contributed by atoms with E-state index in [1.807, 2.05) is 32.0 Å². The molecule has 2 heterocycles. The predicted octanol–water partition coefficient (Wildman–Crippen LogP) is 5.73. The highest BCUT2D eigenvalue weighted by atomic mass is 32.1. The Balaban J connectivity index is 1.67. The number of ketones is 1. The predicted molar refractivity (Wildman–Crippen MR) is 146 cm³/mol. The van der Waals surface area contributed by atoms with E-state index in [2.05, 4.69) is 4.98 Å². The van der Waals surface area contributed by atoms with E-state index in [1.54, 1.807) is 55.6 Å². The van der Waals surface area contributed by atoms with Gasteiger partial charge in [-0.25, -0.2) is 4.98 Å². The first-order valence-corrected chi connectivity index (χ1v) is 13.0. The molecule has 1 amide bonds. The lowest BCUT2D eigenvalue weighted by Crippen LogP contribution is -2.29. The molecule has 1 unspecified atom stereocenters. The van der Waals surface area contributed by atoms with Crippen molar-refractivity contribution < 1.29 is 28.9 Å². The van der Waals surface area contributed by atoms with Crippen LogP contribution in [0.4, 0.5) is 5.13 Å². The van der Waals surface area contributed by atoms with E-state index in [-0.39, 0.29) is 11.3 Å². The van der Waals surface area contributed by atoms with Gasteiger partial charge in [0.15, 0.2) is 5.13 Å². The van der Waals surface area contributed by atoms with Gasteiger partial charge in [0, 0.05) is 5.56 Å². The molecule has 4 aromatic rings. The smallest absolute Gasteiger partial charge is 0.301 e. The van der Waals surface area contributed by atoms with Gasteiger partial charge in [0.1, 0.15) is 23.0 Å². The normalized spacial score (nSPS) is 16.7. The van der Waals surface area contributed by atoms with Gasteiger partial charge in [-0.2, -0.15) is 0 Å². The second kappa shape index (κ2) is 10.5. The Morgan fingerprint density at radius 3 is 2.32 bits per heavy atom. The first-order chi connectivity index (χ1) is 18.4. The van der Waals surface area contributed by atoms with Crippen LogP contribution in [0.1, 0.15) is 31.0 Å². The summed E-state index contributed by atoms with van der Waals surface area (Å²) in [5, 5.41) is 11.7. The molecular weight excluding hydrogens is 504 g/mol. The van der Waals surface area contributed by atoms with Gasteiger partial charge in [-0.1, -0.05) is 35.6 Å². The van der Waals surface area contributed by atoms with Crippen LogP contribution < -0.4 is 19.1 Å². The van der Waals surface area contributed by atoms with Gasteiger partial charge in [0.25, 0.3) is 5.78 Å². The Hall–Kier alpha value is -4.37. The largest absolute Gasteiger partial charge is 0.507 e. The number of rotatable bonds is 8. The fraction of sp³-hybridized carbons (Fsp3) is 0.207. The number of anilines is 1. The number of hydrogen-bond donors (Lipinski definition) is 1. The quantitative estimate of drug-likeness (QED) is 0.177. The molecule has 38 heavy (non-hydrogen) atoms. The maximum Gasteiger partial charge on any atom is 0.301 e. The van der Waals surface area contributed by atoms with Crippen molar-refractivity contribution in [2.24, 2.45) is 0 Å². The molecule has 0 bridgehead atoms. The molecule has 0 aliphatic carbocycles. The summed E-state index contributed by atoms with van der Waals surface area (Å²) in [6, 6.07) is 18.4. The monoisotopic (exact) mass is 530 g/mol. The maximum absolute atomic E-state index is 13.5. The van der Waals surface area contributed by atoms with Crippen molar-refractivity contribution in [2.75, 3.05) is 25.2 Å². The fourth-order valence-electron chi connectivity index (χ4n) is 4.44. The Morgan fingerprint density at radius 1 is 0.947 bits per heavy atom. The third-order valence-electron chi connectivity index (χ3n) is 6.16. The Kier molecular flexibility index (Phi) is 7.02. The number of methoxy groups -OCH3 is 1. The maximum atomic E-state index is 13.5. The summed E-state index contributed by atoms with van der Waals surface area (Å²) >= 11 is 1.28. The van der Waals surface area contributed by atoms with Crippen LogP contribution in [0.25, 0.3) is 16.0 Å². The van der Waals surface area contributed by atoms with E-state index < -0.39 is 17.7 Å². The highest BCUT2D eigenvalue weighted by Crippen LogP contribution is 2.45. The van der Waals surface area contributed by atoms with Crippen LogP contribution in [0.2, 0.25) is 0 Å². The first-order valence-electron chi connectivity index (χ1n) is 12.2. The SMILES string of the molecule is CCOc1cccc(C(O)=C2C(=O)C(=O)N(c3nc4ccc(OCC)cc4s3)C2c2ccc(OC)cc2)c1. The molecule has 0 saturated carbocycles. The minimum absolute atomic E-state index is 0.0249. The van der Waals surface area contributed by atoms with Crippen molar-refractivity contribution in [2.45, 2.75) is 19.9 Å². The Morgan fingerprint density at radius 2 is 1.63 bits per heavy atom. The number of aliphatic hydroxyl groups is 1. The molecule has 1 aliphatic rings. The van der Waals surface area contributed by atoms with Gasteiger partial charge >= 0.3 is 5.91 Å². The van der Waals surface area contributed by atoms with E-state index in [1.165, 1.54) is 16.2 Å². The van der Waals surface area contributed by atoms with E-state index >= 15 is 0 Å². The lowest BCUT2D eigenvalue weighted by Gasteiger charge is -2.23. The van der Waals surface area contributed by atoms with Gasteiger partial charge in [0.05, 0.1) is 42.2 Å². The summed E-state index contributed by atoms with van der Waals surface area (Å²) < 4.78 is 17.3. The molecule has 0 spiro atoms. The van der Waals surface area contributed by atoms with Crippen LogP contribution in [0.15, 0.2) is 72.3 Å². The molecular formula is C29H26N2O6S. The standard InChI is InChI=1S/C29H26N2O6S/c1-4-36-20-8-6-7-18(15-20)26(32)24-25(17-9-11-19(35-3)12-10-17)31(28(34)27(24)33)29-30-22-14-13-21(37-5-2)16-23(22)38-29/h6-16,25,32H,4-5H2,1-3H3. The zero-order valence-electron chi connectivity index (χ0n) is 21.1. The summed E-state index contributed by atoms with van der Waals surface area (Å²) in [5.74, 6) is 0.0181. The number of nitrogens with zero attached hydrogens (tertiary/aromatic N) is 2. The minimum atomic E-state index is -0.899. The number of thiazole rings is 1. The summed E-state index contributed by atoms with van der Waals surface area (Å²) in [4.78, 5) is 33.0. The summed E-state index contributed by atoms with van der Waals surface area (Å²) in [7, 11) is 1.56. The van der Waals surface area contributed by atoms with Gasteiger partial charge in [-0.15, -0.1) is 0 Å². The number of carbonyl (C=O) groups is 2. The second-order valence-corrected chi connectivity index (χ2v) is 9.47. The molecule has 0 radical (unpaired) electrons. The molecule has 1 saturated heterocycles. The molecule has 1 atom stereocenters. The van der Waals surface area contributed by atoms with Gasteiger partial charge in [-0.3, -0.25) is 14.5 Å². The number of ether oxygens (including phenoxy) is 3. The highest BCUT2D eigenvalue weighted by Gasteiger charge is 2.48. The molecule has 1 aliphatic heterocycles. The first kappa shape index (κ1) is 25.3. The average Bonchev–Trinajstić information content (AvgIpc) is 3.46. The molecule has 1 N–H and O–H groups in total. The van der Waals surface area contributed by atoms with Gasteiger partial charge < -0.3 is 19.3 Å². The van der Waals surface area contributed by atoms with Crippen molar-refractivity contribution in [3.63, 3.8) is 0 Å². The van der Waals surface area contributed by atoms with Gasteiger partial charge in [0.2, 0.25) is 0 Å². The molecule has 9 heteroatoms. The summed E-state index contributed by atoms with van der Waals surface area (Å²) in [6.45, 7) is 4.73. The number of amides is 1. The third-order valence-corrected chi connectivity index (χ3v) is 7.18. The number of carbonyl (C=O) groups excluding carboxylic acids is 2. The molecule has 1 fully saturated rings. The molecule has 194 valence electrons. The van der Waals surface area contributed by atoms with E-state index in [9.17, 15) is 14.7 Å². The number of hydrogen-bond acceptors (Lipinski definition) is 8. The zero-order valence-corrected chi connectivity index (χ0v) is 22.0.